The van der Waals surface area contributed by atoms with Gasteiger partial charge in [-0.25, -0.2) is 4.98 Å². The van der Waals surface area contributed by atoms with E-state index in [0.717, 1.165) is 5.69 Å². The summed E-state index contributed by atoms with van der Waals surface area (Å²) in [5.41, 5.74) is 2.17. The minimum Gasteiger partial charge on any atom is -0.285 e. The molecule has 0 atom stereocenters. The first kappa shape index (κ1) is 12.2. The van der Waals surface area contributed by atoms with Gasteiger partial charge in [0.25, 0.3) is 0 Å². The van der Waals surface area contributed by atoms with Crippen LogP contribution in [0.2, 0.25) is 0 Å². The Bertz CT molecular complexity index is 727. The Morgan fingerprint density at radius 1 is 0.700 bits per heavy atom. The number of aromatic nitrogens is 3. The molecule has 0 aromatic carbocycles. The molecule has 3 aromatic rings. The molecule has 4 heteroatoms. The Labute approximate surface area is 116 Å². The molecule has 0 amide bonds. The first-order chi connectivity index (χ1) is 9.84. The van der Waals surface area contributed by atoms with Gasteiger partial charge in [0, 0.05) is 12.4 Å². The molecule has 0 aliphatic carbocycles. The molecule has 4 nitrogen and oxygen atoms in total. The number of hydrogen-bond donors (Lipinski definition) is 0. The molecule has 0 bridgehead atoms. The van der Waals surface area contributed by atoms with E-state index in [-0.39, 0.29) is 5.78 Å². The van der Waals surface area contributed by atoms with E-state index in [9.17, 15) is 4.79 Å². The van der Waals surface area contributed by atoms with Crippen molar-refractivity contribution in [2.24, 2.45) is 0 Å². The van der Waals surface area contributed by atoms with E-state index in [4.69, 9.17) is 0 Å². The van der Waals surface area contributed by atoms with Gasteiger partial charge in [0.15, 0.2) is 0 Å². The van der Waals surface area contributed by atoms with Gasteiger partial charge in [-0.3, -0.25) is 14.8 Å². The topological polar surface area (TPSA) is 55.7 Å². The molecular formula is C16H11N3O. The second kappa shape index (κ2) is 5.40. The van der Waals surface area contributed by atoms with Crippen LogP contribution >= 0.6 is 0 Å². The van der Waals surface area contributed by atoms with E-state index in [1.165, 1.54) is 0 Å². The predicted molar refractivity (Wildman–Crippen MR) is 75.1 cm³/mol. The van der Waals surface area contributed by atoms with E-state index in [0.29, 0.717) is 17.1 Å². The van der Waals surface area contributed by atoms with Gasteiger partial charge < -0.3 is 0 Å². The van der Waals surface area contributed by atoms with Gasteiger partial charge in [-0.1, -0.05) is 18.2 Å². The number of carbonyl (C=O) groups is 1. The van der Waals surface area contributed by atoms with E-state index >= 15 is 0 Å². The fourth-order valence-electron chi connectivity index (χ4n) is 1.85. The summed E-state index contributed by atoms with van der Waals surface area (Å²) in [6, 6.07) is 16.1. The van der Waals surface area contributed by atoms with Crippen LogP contribution in [0.25, 0.3) is 11.4 Å². The van der Waals surface area contributed by atoms with Crippen LogP contribution in [0.5, 0.6) is 0 Å². The maximum Gasteiger partial charge on any atom is 0.229 e. The van der Waals surface area contributed by atoms with Crippen molar-refractivity contribution in [1.29, 1.82) is 0 Å². The molecule has 20 heavy (non-hydrogen) atoms. The van der Waals surface area contributed by atoms with Crippen LogP contribution in [0.4, 0.5) is 0 Å². The average molecular weight is 261 g/mol. The molecule has 0 aliphatic rings. The fourth-order valence-corrected chi connectivity index (χ4v) is 1.85. The highest BCUT2D eigenvalue weighted by Crippen LogP contribution is 2.15. The zero-order valence-electron chi connectivity index (χ0n) is 10.6. The number of pyridine rings is 3. The van der Waals surface area contributed by atoms with Crippen molar-refractivity contribution < 1.29 is 4.79 Å². The number of rotatable bonds is 3. The lowest BCUT2D eigenvalue weighted by atomic mass is 10.1. The molecular weight excluding hydrogens is 250 g/mol. The highest BCUT2D eigenvalue weighted by Gasteiger charge is 2.12. The summed E-state index contributed by atoms with van der Waals surface area (Å²) < 4.78 is 0. The summed E-state index contributed by atoms with van der Waals surface area (Å²) in [5, 5.41) is 0. The van der Waals surface area contributed by atoms with E-state index in [2.05, 4.69) is 15.0 Å². The molecule has 0 spiro atoms. The van der Waals surface area contributed by atoms with Gasteiger partial charge in [-0.05, 0) is 36.4 Å². The van der Waals surface area contributed by atoms with Crippen molar-refractivity contribution >= 4 is 5.78 Å². The van der Waals surface area contributed by atoms with Crippen molar-refractivity contribution in [2.75, 3.05) is 0 Å². The molecule has 96 valence electrons. The summed E-state index contributed by atoms with van der Waals surface area (Å²) >= 11 is 0. The minimum atomic E-state index is -0.191. The third-order valence-electron chi connectivity index (χ3n) is 2.81. The molecule has 0 saturated heterocycles. The molecule has 0 radical (unpaired) electrons. The summed E-state index contributed by atoms with van der Waals surface area (Å²) in [5.74, 6) is -0.191. The lowest BCUT2D eigenvalue weighted by Crippen LogP contribution is -2.06. The van der Waals surface area contributed by atoms with Gasteiger partial charge >= 0.3 is 0 Å². The van der Waals surface area contributed by atoms with Gasteiger partial charge in [-0.2, -0.15) is 0 Å². The lowest BCUT2D eigenvalue weighted by Gasteiger charge is -2.03. The Hall–Kier alpha value is -2.88. The second-order valence-corrected chi connectivity index (χ2v) is 4.17. The van der Waals surface area contributed by atoms with Crippen LogP contribution < -0.4 is 0 Å². The third-order valence-corrected chi connectivity index (χ3v) is 2.81. The van der Waals surface area contributed by atoms with Crippen molar-refractivity contribution in [3.8, 4) is 11.4 Å². The number of ketones is 1. The maximum atomic E-state index is 12.3. The summed E-state index contributed by atoms with van der Waals surface area (Å²) in [6.45, 7) is 0. The number of nitrogens with zero attached hydrogens (tertiary/aromatic N) is 3. The maximum absolute atomic E-state index is 12.3. The summed E-state index contributed by atoms with van der Waals surface area (Å²) in [4.78, 5) is 24.9. The van der Waals surface area contributed by atoms with Crippen LogP contribution in [0.3, 0.4) is 0 Å². The van der Waals surface area contributed by atoms with Crippen LogP contribution in [0.15, 0.2) is 67.0 Å². The summed E-state index contributed by atoms with van der Waals surface area (Å²) in [7, 11) is 0. The van der Waals surface area contributed by atoms with Crippen molar-refractivity contribution in [3.05, 3.63) is 78.4 Å². The molecule has 0 unspecified atom stereocenters. The van der Waals surface area contributed by atoms with Gasteiger partial charge in [0.05, 0.1) is 11.4 Å². The molecule has 0 N–H and O–H groups in total. The number of carbonyl (C=O) groups excluding carboxylic acids is 1. The van der Waals surface area contributed by atoms with Gasteiger partial charge in [-0.15, -0.1) is 0 Å². The first-order valence-electron chi connectivity index (χ1n) is 6.19. The molecule has 3 aromatic heterocycles. The van der Waals surface area contributed by atoms with Crippen LogP contribution in [0.1, 0.15) is 16.2 Å². The van der Waals surface area contributed by atoms with Crippen LogP contribution in [0, 0.1) is 0 Å². The third kappa shape index (κ3) is 2.44. The zero-order chi connectivity index (χ0) is 13.8. The Morgan fingerprint density at radius 2 is 1.40 bits per heavy atom. The molecule has 0 saturated carbocycles. The SMILES string of the molecule is O=C(c1ccccn1)c1cccc(-c2ccccn2)n1. The monoisotopic (exact) mass is 261 g/mol. The fraction of sp³-hybridized carbons (Fsp3) is 0. The van der Waals surface area contributed by atoms with Crippen LogP contribution in [-0.4, -0.2) is 20.7 Å². The highest BCUT2D eigenvalue weighted by atomic mass is 16.1. The summed E-state index contributed by atoms with van der Waals surface area (Å²) in [6.07, 6.45) is 3.29. The largest absolute Gasteiger partial charge is 0.285 e. The second-order valence-electron chi connectivity index (χ2n) is 4.17. The van der Waals surface area contributed by atoms with Crippen molar-refractivity contribution in [1.82, 2.24) is 15.0 Å². The highest BCUT2D eigenvalue weighted by molar-refractivity contribution is 6.06. The predicted octanol–water partition coefficient (Wildman–Crippen LogP) is 2.77. The standard InChI is InChI=1S/C16H11N3O/c20-16(14-7-2-4-11-18-14)15-9-5-8-13(19-15)12-6-1-3-10-17-12/h1-11H. The molecule has 0 fully saturated rings. The van der Waals surface area contributed by atoms with E-state index < -0.39 is 0 Å². The minimum absolute atomic E-state index is 0.191. The Balaban J connectivity index is 1.98. The van der Waals surface area contributed by atoms with E-state index in [1.54, 1.807) is 42.7 Å². The van der Waals surface area contributed by atoms with E-state index in [1.807, 2.05) is 24.3 Å². The Morgan fingerprint density at radius 3 is 2.10 bits per heavy atom. The van der Waals surface area contributed by atoms with Crippen molar-refractivity contribution in [2.45, 2.75) is 0 Å². The number of hydrogen-bond acceptors (Lipinski definition) is 4. The van der Waals surface area contributed by atoms with Crippen molar-refractivity contribution in [3.63, 3.8) is 0 Å². The quantitative estimate of drug-likeness (QED) is 0.680. The van der Waals surface area contributed by atoms with Gasteiger partial charge in [0.2, 0.25) is 5.78 Å². The molecule has 3 heterocycles. The first-order valence-corrected chi connectivity index (χ1v) is 6.19. The molecule has 0 aliphatic heterocycles. The Kier molecular flexibility index (Phi) is 3.29. The zero-order valence-corrected chi connectivity index (χ0v) is 10.6. The normalized spacial score (nSPS) is 10.2. The van der Waals surface area contributed by atoms with Gasteiger partial charge in [0.1, 0.15) is 11.4 Å². The lowest BCUT2D eigenvalue weighted by molar-refractivity contribution is 0.103. The van der Waals surface area contributed by atoms with Crippen LogP contribution in [-0.2, 0) is 0 Å². The average Bonchev–Trinajstić information content (AvgIpc) is 2.56. The molecule has 3 rings (SSSR count). The smallest absolute Gasteiger partial charge is 0.229 e.